The van der Waals surface area contributed by atoms with Gasteiger partial charge in [-0.2, -0.15) is 0 Å². The molecule has 1 aliphatic heterocycles. The van der Waals surface area contributed by atoms with E-state index >= 15 is 0 Å². The first kappa shape index (κ1) is 16.3. The van der Waals surface area contributed by atoms with Crippen molar-refractivity contribution in [1.29, 1.82) is 0 Å². The van der Waals surface area contributed by atoms with Gasteiger partial charge in [-0.3, -0.25) is 9.80 Å². The molecule has 0 radical (unpaired) electrons. The van der Waals surface area contributed by atoms with Crippen LogP contribution in [0.3, 0.4) is 0 Å². The Morgan fingerprint density at radius 1 is 1.26 bits per heavy atom. The third-order valence-corrected chi connectivity index (χ3v) is 4.74. The Balaban J connectivity index is 1.57. The summed E-state index contributed by atoms with van der Waals surface area (Å²) in [6.07, 6.45) is 0. The second-order valence-electron chi connectivity index (χ2n) is 5.88. The van der Waals surface area contributed by atoms with Gasteiger partial charge in [-0.1, -0.05) is 17.7 Å². The highest BCUT2D eigenvalue weighted by Gasteiger charge is 2.25. The summed E-state index contributed by atoms with van der Waals surface area (Å²) in [5.74, 6) is 0.578. The van der Waals surface area contributed by atoms with Gasteiger partial charge in [0.15, 0.2) is 5.82 Å². The van der Waals surface area contributed by atoms with E-state index in [4.69, 9.17) is 11.6 Å². The second-order valence-corrected chi connectivity index (χ2v) is 6.29. The van der Waals surface area contributed by atoms with Crippen LogP contribution in [0.5, 0.6) is 0 Å². The maximum atomic E-state index is 13.1. The number of tetrazole rings is 1. The Morgan fingerprint density at radius 2 is 2.00 bits per heavy atom. The van der Waals surface area contributed by atoms with Crippen molar-refractivity contribution in [1.82, 2.24) is 30.0 Å². The van der Waals surface area contributed by atoms with E-state index in [1.165, 1.54) is 12.1 Å². The molecule has 0 saturated carbocycles. The maximum absolute atomic E-state index is 13.1. The van der Waals surface area contributed by atoms with Gasteiger partial charge in [0.05, 0.1) is 6.04 Å². The van der Waals surface area contributed by atoms with E-state index in [1.807, 2.05) is 7.05 Å². The van der Waals surface area contributed by atoms with Crippen molar-refractivity contribution in [2.75, 3.05) is 26.2 Å². The Bertz CT molecular complexity index is 668. The SMILES string of the molecule is C[C@@H](c1nnnn1C)N1CCN(Cc2ccc(F)cc2Cl)CC1. The second kappa shape index (κ2) is 6.90. The average Bonchev–Trinajstić information content (AvgIpc) is 2.96. The minimum absolute atomic E-state index is 0.187. The summed E-state index contributed by atoms with van der Waals surface area (Å²) in [5.41, 5.74) is 0.965. The predicted molar refractivity (Wildman–Crippen MR) is 85.5 cm³/mol. The summed E-state index contributed by atoms with van der Waals surface area (Å²) in [5, 5.41) is 12.2. The van der Waals surface area contributed by atoms with Crippen LogP contribution in [0, 0.1) is 5.82 Å². The number of piperazine rings is 1. The zero-order valence-corrected chi connectivity index (χ0v) is 14.0. The molecule has 1 aliphatic rings. The molecule has 6 nitrogen and oxygen atoms in total. The first-order chi connectivity index (χ1) is 11.0. The third kappa shape index (κ3) is 3.68. The minimum Gasteiger partial charge on any atom is -0.296 e. The Morgan fingerprint density at radius 3 is 2.61 bits per heavy atom. The van der Waals surface area contributed by atoms with E-state index in [0.29, 0.717) is 5.02 Å². The van der Waals surface area contributed by atoms with E-state index in [0.717, 1.165) is 44.1 Å². The van der Waals surface area contributed by atoms with Crippen molar-refractivity contribution < 1.29 is 4.39 Å². The van der Waals surface area contributed by atoms with Gasteiger partial charge < -0.3 is 0 Å². The van der Waals surface area contributed by atoms with Crippen LogP contribution in [-0.4, -0.2) is 56.2 Å². The maximum Gasteiger partial charge on any atom is 0.167 e. The van der Waals surface area contributed by atoms with Gasteiger partial charge >= 0.3 is 0 Å². The first-order valence-electron chi connectivity index (χ1n) is 7.67. The van der Waals surface area contributed by atoms with Crippen LogP contribution in [-0.2, 0) is 13.6 Å². The van der Waals surface area contributed by atoms with Gasteiger partial charge in [0, 0.05) is 44.8 Å². The summed E-state index contributed by atoms with van der Waals surface area (Å²) in [7, 11) is 1.86. The number of aromatic nitrogens is 4. The van der Waals surface area contributed by atoms with E-state index in [9.17, 15) is 4.39 Å². The molecular weight excluding hydrogens is 319 g/mol. The highest BCUT2D eigenvalue weighted by Crippen LogP contribution is 2.22. The molecule has 2 aromatic rings. The molecule has 1 aromatic heterocycles. The van der Waals surface area contributed by atoms with Crippen molar-refractivity contribution in [3.05, 3.63) is 40.4 Å². The summed E-state index contributed by atoms with van der Waals surface area (Å²) in [4.78, 5) is 4.70. The van der Waals surface area contributed by atoms with Gasteiger partial charge in [0.2, 0.25) is 0 Å². The molecule has 1 saturated heterocycles. The molecule has 0 bridgehead atoms. The molecule has 23 heavy (non-hydrogen) atoms. The van der Waals surface area contributed by atoms with Crippen molar-refractivity contribution in [2.45, 2.75) is 19.5 Å². The lowest BCUT2D eigenvalue weighted by molar-refractivity contribution is 0.0933. The lowest BCUT2D eigenvalue weighted by Gasteiger charge is -2.37. The topological polar surface area (TPSA) is 50.1 Å². The highest BCUT2D eigenvalue weighted by atomic mass is 35.5. The van der Waals surface area contributed by atoms with Gasteiger partial charge in [-0.15, -0.1) is 5.10 Å². The van der Waals surface area contributed by atoms with Crippen LogP contribution in [0.25, 0.3) is 0 Å². The highest BCUT2D eigenvalue weighted by molar-refractivity contribution is 6.31. The third-order valence-electron chi connectivity index (χ3n) is 4.39. The Kier molecular flexibility index (Phi) is 4.89. The summed E-state index contributed by atoms with van der Waals surface area (Å²) < 4.78 is 14.8. The number of hydrogen-bond donors (Lipinski definition) is 0. The van der Waals surface area contributed by atoms with Gasteiger partial charge in [0.1, 0.15) is 5.82 Å². The molecule has 0 aliphatic carbocycles. The van der Waals surface area contributed by atoms with E-state index in [-0.39, 0.29) is 11.9 Å². The first-order valence-corrected chi connectivity index (χ1v) is 8.05. The molecule has 8 heteroatoms. The number of nitrogens with zero attached hydrogens (tertiary/aromatic N) is 6. The summed E-state index contributed by atoms with van der Waals surface area (Å²) in [6, 6.07) is 4.78. The zero-order valence-electron chi connectivity index (χ0n) is 13.3. The fourth-order valence-corrected chi connectivity index (χ4v) is 3.18. The zero-order chi connectivity index (χ0) is 16.4. The Labute approximate surface area is 139 Å². The van der Waals surface area contributed by atoms with Crippen LogP contribution < -0.4 is 0 Å². The van der Waals surface area contributed by atoms with Crippen molar-refractivity contribution >= 4 is 11.6 Å². The molecule has 1 aromatic carbocycles. The molecular formula is C15H20ClFN6. The molecule has 2 heterocycles. The number of rotatable bonds is 4. The fraction of sp³-hybridized carbons (Fsp3) is 0.533. The number of aryl methyl sites for hydroxylation is 1. The van der Waals surface area contributed by atoms with Crippen LogP contribution >= 0.6 is 11.6 Å². The molecule has 1 atom stereocenters. The van der Waals surface area contributed by atoms with Crippen LogP contribution in [0.4, 0.5) is 4.39 Å². The lowest BCUT2D eigenvalue weighted by Crippen LogP contribution is -2.47. The van der Waals surface area contributed by atoms with Gasteiger partial charge in [0.25, 0.3) is 0 Å². The van der Waals surface area contributed by atoms with Crippen molar-refractivity contribution in [3.63, 3.8) is 0 Å². The number of benzene rings is 1. The summed E-state index contributed by atoms with van der Waals surface area (Å²) >= 11 is 6.11. The molecule has 3 rings (SSSR count). The predicted octanol–water partition coefficient (Wildman–Crippen LogP) is 1.88. The fourth-order valence-electron chi connectivity index (χ4n) is 2.95. The molecule has 0 N–H and O–H groups in total. The molecule has 0 spiro atoms. The van der Waals surface area contributed by atoms with E-state index < -0.39 is 0 Å². The summed E-state index contributed by atoms with van der Waals surface area (Å²) in [6.45, 7) is 6.61. The smallest absolute Gasteiger partial charge is 0.167 e. The van der Waals surface area contributed by atoms with Crippen LogP contribution in [0.1, 0.15) is 24.4 Å². The number of hydrogen-bond acceptors (Lipinski definition) is 5. The Hall–Kier alpha value is -1.57. The van der Waals surface area contributed by atoms with E-state index in [1.54, 1.807) is 10.7 Å². The van der Waals surface area contributed by atoms with Crippen molar-refractivity contribution in [2.24, 2.45) is 7.05 Å². The standard InChI is InChI=1S/C15H20ClFN6/c1-11(15-18-19-20-21(15)2)23-7-5-22(6-8-23)10-12-3-4-13(17)9-14(12)16/h3-4,9,11H,5-8,10H2,1-2H3/t11-/m0/s1. The van der Waals surface area contributed by atoms with Gasteiger partial charge in [-0.25, -0.2) is 9.07 Å². The molecule has 1 fully saturated rings. The number of halogens is 2. The van der Waals surface area contributed by atoms with Crippen LogP contribution in [0.15, 0.2) is 18.2 Å². The minimum atomic E-state index is -0.297. The normalized spacial score (nSPS) is 18.3. The van der Waals surface area contributed by atoms with Gasteiger partial charge in [-0.05, 0) is 35.0 Å². The molecule has 0 unspecified atom stereocenters. The molecule has 0 amide bonds. The molecule has 124 valence electrons. The average molecular weight is 339 g/mol. The monoisotopic (exact) mass is 338 g/mol. The quantitative estimate of drug-likeness (QED) is 0.852. The largest absolute Gasteiger partial charge is 0.296 e. The lowest BCUT2D eigenvalue weighted by atomic mass is 10.1. The van der Waals surface area contributed by atoms with Crippen LogP contribution in [0.2, 0.25) is 5.02 Å². The van der Waals surface area contributed by atoms with Crippen molar-refractivity contribution in [3.8, 4) is 0 Å². The van der Waals surface area contributed by atoms with E-state index in [2.05, 4.69) is 32.2 Å².